The van der Waals surface area contributed by atoms with Crippen LogP contribution in [0.4, 0.5) is 5.82 Å². The second kappa shape index (κ2) is 7.98. The van der Waals surface area contributed by atoms with E-state index in [4.69, 9.17) is 4.74 Å². The summed E-state index contributed by atoms with van der Waals surface area (Å²) < 4.78 is 5.13. The molecule has 6 nitrogen and oxygen atoms in total. The predicted octanol–water partition coefficient (Wildman–Crippen LogP) is 4.77. The van der Waals surface area contributed by atoms with Crippen molar-refractivity contribution in [3.05, 3.63) is 77.9 Å². The van der Waals surface area contributed by atoms with E-state index in [1.54, 1.807) is 18.2 Å². The summed E-state index contributed by atoms with van der Waals surface area (Å²) in [7, 11) is 1.51. The molecule has 1 aromatic heterocycles. The molecule has 0 saturated heterocycles. The fourth-order valence-corrected chi connectivity index (χ4v) is 2.96. The number of aromatic hydroxyl groups is 1. The first-order valence-corrected chi connectivity index (χ1v) is 9.14. The topological polar surface area (TPSA) is 79.6 Å². The Balaban J connectivity index is 1.70. The van der Waals surface area contributed by atoms with Gasteiger partial charge in [-0.1, -0.05) is 48.0 Å². The van der Waals surface area contributed by atoms with Crippen LogP contribution in [0.3, 0.4) is 0 Å². The molecule has 0 bridgehead atoms. The molecule has 2 N–H and O–H groups in total. The van der Waals surface area contributed by atoms with Crippen LogP contribution < -0.4 is 10.2 Å². The van der Waals surface area contributed by atoms with E-state index in [-0.39, 0.29) is 5.75 Å². The van der Waals surface area contributed by atoms with E-state index in [1.165, 1.54) is 18.9 Å². The van der Waals surface area contributed by atoms with E-state index in [0.29, 0.717) is 23.0 Å². The third-order valence-corrected chi connectivity index (χ3v) is 4.54. The quantitative estimate of drug-likeness (QED) is 0.383. The van der Waals surface area contributed by atoms with Gasteiger partial charge in [0.05, 0.1) is 18.8 Å². The van der Waals surface area contributed by atoms with Crippen molar-refractivity contribution in [2.24, 2.45) is 5.10 Å². The first-order valence-electron chi connectivity index (χ1n) is 9.14. The molecule has 4 aromatic rings. The summed E-state index contributed by atoms with van der Waals surface area (Å²) in [5, 5.41) is 15.3. The zero-order chi connectivity index (χ0) is 20.2. The molecule has 0 atom stereocenters. The van der Waals surface area contributed by atoms with Gasteiger partial charge in [0.1, 0.15) is 0 Å². The van der Waals surface area contributed by atoms with Crippen molar-refractivity contribution in [2.75, 3.05) is 12.5 Å². The van der Waals surface area contributed by atoms with Crippen LogP contribution in [0, 0.1) is 6.92 Å². The number of ether oxygens (including phenoxy) is 1. The molecule has 0 aliphatic rings. The highest BCUT2D eigenvalue weighted by Crippen LogP contribution is 2.28. The fourth-order valence-electron chi connectivity index (χ4n) is 2.96. The number of phenolic OH excluding ortho intramolecular Hbond substituents is 1. The van der Waals surface area contributed by atoms with Crippen LogP contribution in [-0.4, -0.2) is 28.4 Å². The van der Waals surface area contributed by atoms with E-state index in [2.05, 4.69) is 20.5 Å². The molecule has 0 amide bonds. The minimum Gasteiger partial charge on any atom is -0.504 e. The molecule has 0 saturated carbocycles. The summed E-state index contributed by atoms with van der Waals surface area (Å²) in [5.41, 5.74) is 6.45. The third kappa shape index (κ3) is 3.87. The molecule has 0 fully saturated rings. The van der Waals surface area contributed by atoms with Gasteiger partial charge in [-0.2, -0.15) is 5.10 Å². The Morgan fingerprint density at radius 2 is 1.76 bits per heavy atom. The summed E-state index contributed by atoms with van der Waals surface area (Å²) in [6.45, 7) is 2.04. The summed E-state index contributed by atoms with van der Waals surface area (Å²) in [6.07, 6.45) is 1.53. The van der Waals surface area contributed by atoms with Gasteiger partial charge in [-0.3, -0.25) is 5.43 Å². The van der Waals surface area contributed by atoms with Crippen LogP contribution in [0.25, 0.3) is 22.3 Å². The van der Waals surface area contributed by atoms with Gasteiger partial charge in [0.2, 0.25) is 0 Å². The normalized spacial score (nSPS) is 11.1. The Labute approximate surface area is 168 Å². The summed E-state index contributed by atoms with van der Waals surface area (Å²) in [4.78, 5) is 9.34. The molecule has 1 heterocycles. The highest BCUT2D eigenvalue weighted by molar-refractivity contribution is 5.91. The fraction of sp³-hybridized carbons (Fsp3) is 0.0870. The van der Waals surface area contributed by atoms with Gasteiger partial charge in [-0.05, 0) is 31.2 Å². The number of para-hydroxylation sites is 2. The molecule has 6 heteroatoms. The molecule has 29 heavy (non-hydrogen) atoms. The summed E-state index contributed by atoms with van der Waals surface area (Å²) in [5.74, 6) is 1.63. The average molecular weight is 384 g/mol. The Kier molecular flexibility index (Phi) is 5.07. The van der Waals surface area contributed by atoms with E-state index in [1.807, 2.05) is 55.5 Å². The summed E-state index contributed by atoms with van der Waals surface area (Å²) in [6, 6.07) is 21.0. The number of phenols is 1. The van der Waals surface area contributed by atoms with Crippen molar-refractivity contribution in [2.45, 2.75) is 6.92 Å². The number of nitrogens with zero attached hydrogens (tertiary/aromatic N) is 3. The lowest BCUT2D eigenvalue weighted by Gasteiger charge is -2.09. The van der Waals surface area contributed by atoms with E-state index >= 15 is 0 Å². The number of benzene rings is 3. The number of aryl methyl sites for hydroxylation is 1. The van der Waals surface area contributed by atoms with Crippen LogP contribution in [-0.2, 0) is 0 Å². The number of rotatable bonds is 5. The number of methoxy groups -OCH3 is 1. The first-order chi connectivity index (χ1) is 14.2. The lowest BCUT2D eigenvalue weighted by Crippen LogP contribution is -1.99. The van der Waals surface area contributed by atoms with Gasteiger partial charge in [0, 0.05) is 16.5 Å². The van der Waals surface area contributed by atoms with Crippen molar-refractivity contribution in [3.8, 4) is 22.9 Å². The average Bonchev–Trinajstić information content (AvgIpc) is 2.75. The SMILES string of the molecule is COc1cccc(C=NNc2nc(-c3ccc(C)cc3)nc3ccccc23)c1O. The smallest absolute Gasteiger partial charge is 0.166 e. The second-order valence-electron chi connectivity index (χ2n) is 6.55. The number of nitrogens with one attached hydrogen (secondary N) is 1. The lowest BCUT2D eigenvalue weighted by atomic mass is 10.1. The van der Waals surface area contributed by atoms with Crippen LogP contribution in [0.1, 0.15) is 11.1 Å². The largest absolute Gasteiger partial charge is 0.504 e. The molecule has 0 aliphatic heterocycles. The number of hydrogen-bond donors (Lipinski definition) is 2. The van der Waals surface area contributed by atoms with E-state index < -0.39 is 0 Å². The highest BCUT2D eigenvalue weighted by atomic mass is 16.5. The molecule has 144 valence electrons. The predicted molar refractivity (Wildman–Crippen MR) is 116 cm³/mol. The highest BCUT2D eigenvalue weighted by Gasteiger charge is 2.09. The van der Waals surface area contributed by atoms with Crippen molar-refractivity contribution in [1.29, 1.82) is 0 Å². The first kappa shape index (κ1) is 18.4. The van der Waals surface area contributed by atoms with Crippen molar-refractivity contribution >= 4 is 22.9 Å². The standard InChI is InChI=1S/C23H20N4O2/c1-15-10-12-16(13-11-15)22-25-19-8-4-3-7-18(19)23(26-22)27-24-14-17-6-5-9-20(29-2)21(17)28/h3-14,28H,1-2H3,(H,25,26,27). The Morgan fingerprint density at radius 3 is 2.55 bits per heavy atom. The number of anilines is 1. The molecule has 0 spiro atoms. The van der Waals surface area contributed by atoms with Gasteiger partial charge < -0.3 is 9.84 Å². The van der Waals surface area contributed by atoms with Gasteiger partial charge in [-0.15, -0.1) is 0 Å². The van der Waals surface area contributed by atoms with Crippen LogP contribution in [0.15, 0.2) is 71.8 Å². The van der Waals surface area contributed by atoms with Gasteiger partial charge in [0.15, 0.2) is 23.1 Å². The molecular weight excluding hydrogens is 364 g/mol. The van der Waals surface area contributed by atoms with E-state index in [9.17, 15) is 5.11 Å². The van der Waals surface area contributed by atoms with Gasteiger partial charge >= 0.3 is 0 Å². The Hall–Kier alpha value is -3.93. The molecule has 0 radical (unpaired) electrons. The van der Waals surface area contributed by atoms with Crippen LogP contribution in [0.5, 0.6) is 11.5 Å². The zero-order valence-corrected chi connectivity index (χ0v) is 16.1. The molecule has 0 aliphatic carbocycles. The molecule has 4 rings (SSSR count). The maximum absolute atomic E-state index is 10.2. The molecule has 0 unspecified atom stereocenters. The van der Waals surface area contributed by atoms with Crippen molar-refractivity contribution in [1.82, 2.24) is 9.97 Å². The van der Waals surface area contributed by atoms with Crippen molar-refractivity contribution < 1.29 is 9.84 Å². The van der Waals surface area contributed by atoms with E-state index in [0.717, 1.165) is 16.5 Å². The monoisotopic (exact) mass is 384 g/mol. The Morgan fingerprint density at radius 1 is 0.966 bits per heavy atom. The minimum atomic E-state index is 0.0356. The molecule has 3 aromatic carbocycles. The maximum Gasteiger partial charge on any atom is 0.166 e. The number of aromatic nitrogens is 2. The minimum absolute atomic E-state index is 0.0356. The second-order valence-corrected chi connectivity index (χ2v) is 6.55. The summed E-state index contributed by atoms with van der Waals surface area (Å²) >= 11 is 0. The number of fused-ring (bicyclic) bond motifs is 1. The van der Waals surface area contributed by atoms with Crippen molar-refractivity contribution in [3.63, 3.8) is 0 Å². The Bertz CT molecular complexity index is 1190. The lowest BCUT2D eigenvalue weighted by molar-refractivity contribution is 0.373. The number of hydrogen-bond acceptors (Lipinski definition) is 6. The van der Waals surface area contributed by atoms with Crippen LogP contribution >= 0.6 is 0 Å². The van der Waals surface area contributed by atoms with Gasteiger partial charge in [-0.25, -0.2) is 9.97 Å². The molecular formula is C23H20N4O2. The third-order valence-electron chi connectivity index (χ3n) is 4.54. The maximum atomic E-state index is 10.2. The van der Waals surface area contributed by atoms with Crippen LogP contribution in [0.2, 0.25) is 0 Å². The van der Waals surface area contributed by atoms with Gasteiger partial charge in [0.25, 0.3) is 0 Å². The zero-order valence-electron chi connectivity index (χ0n) is 16.1. The number of hydrazone groups is 1.